The minimum absolute atomic E-state index is 0.0323. The zero-order valence-electron chi connectivity index (χ0n) is 28.9. The van der Waals surface area contributed by atoms with Gasteiger partial charge in [0.25, 0.3) is 11.8 Å². The Kier molecular flexibility index (Phi) is 18.0. The Morgan fingerprint density at radius 3 is 2.42 bits per heavy atom. The van der Waals surface area contributed by atoms with Crippen molar-refractivity contribution in [3.05, 3.63) is 48.1 Å². The molecule has 0 radical (unpaired) electrons. The highest BCUT2D eigenvalue weighted by molar-refractivity contribution is 6.16. The molecule has 0 aromatic carbocycles. The summed E-state index contributed by atoms with van der Waals surface area (Å²) in [4.78, 5) is 86.6. The van der Waals surface area contributed by atoms with Crippen molar-refractivity contribution in [2.75, 3.05) is 6.61 Å². The van der Waals surface area contributed by atoms with E-state index in [1.165, 1.54) is 12.2 Å². The van der Waals surface area contributed by atoms with Crippen molar-refractivity contribution >= 4 is 41.7 Å². The molecule has 0 aromatic heterocycles. The number of amides is 5. The van der Waals surface area contributed by atoms with Crippen LogP contribution >= 0.6 is 0 Å². The fourth-order valence-electron chi connectivity index (χ4n) is 5.01. The topological polar surface area (TPSA) is 215 Å². The Morgan fingerprint density at radius 1 is 1.04 bits per heavy atom. The van der Waals surface area contributed by atoms with Crippen LogP contribution in [0.15, 0.2) is 48.1 Å². The number of nitrogens with zero attached hydrogens (tertiary/aromatic N) is 1. The van der Waals surface area contributed by atoms with E-state index in [1.54, 1.807) is 6.92 Å². The maximum absolute atomic E-state index is 12.9. The van der Waals surface area contributed by atoms with Gasteiger partial charge in [-0.15, -0.1) is 0 Å². The molecule has 0 aliphatic carbocycles. The van der Waals surface area contributed by atoms with Crippen molar-refractivity contribution < 1.29 is 62.7 Å². The third-order valence-electron chi connectivity index (χ3n) is 7.63. The number of aliphatic hydroxyl groups excluding tert-OH is 2. The van der Waals surface area contributed by atoms with Gasteiger partial charge < -0.3 is 29.2 Å². The van der Waals surface area contributed by atoms with Crippen LogP contribution in [0.5, 0.6) is 0 Å². The summed E-state index contributed by atoms with van der Waals surface area (Å²) in [7, 11) is 0. The molecule has 5 amide bonds. The van der Waals surface area contributed by atoms with Crippen LogP contribution in [0, 0.1) is 0 Å². The fraction of sp³-hybridized carbons (Fsp3) is 0.571. The van der Waals surface area contributed by atoms with Crippen molar-refractivity contribution in [2.45, 2.75) is 122 Å². The number of fused-ring (bicyclic) bond motifs is 1. The van der Waals surface area contributed by atoms with Gasteiger partial charge in [-0.2, -0.15) is 0 Å². The van der Waals surface area contributed by atoms with E-state index in [4.69, 9.17) is 18.9 Å². The first-order valence-electron chi connectivity index (χ1n) is 16.7. The number of carbonyl (C=O) groups excluding carboxylic acids is 7. The van der Waals surface area contributed by atoms with Crippen LogP contribution in [0.25, 0.3) is 0 Å². The lowest BCUT2D eigenvalue weighted by Crippen LogP contribution is -2.51. The lowest BCUT2D eigenvalue weighted by Gasteiger charge is -2.30. The van der Waals surface area contributed by atoms with E-state index < -0.39 is 72.3 Å². The smallest absolute Gasteiger partial charge is 0.414 e. The predicted molar refractivity (Wildman–Crippen MR) is 177 cm³/mol. The molecular weight excluding hydrogens is 656 g/mol. The van der Waals surface area contributed by atoms with Crippen molar-refractivity contribution in [1.29, 1.82) is 0 Å². The number of esters is 2. The molecule has 2 heterocycles. The third kappa shape index (κ3) is 15.0. The second-order valence-electron chi connectivity index (χ2n) is 12.0. The molecule has 15 nitrogen and oxygen atoms in total. The number of ether oxygens (including phenoxy) is 4. The van der Waals surface area contributed by atoms with E-state index in [-0.39, 0.29) is 31.8 Å². The Hall–Kier alpha value is -4.47. The molecule has 0 saturated carbocycles. The van der Waals surface area contributed by atoms with Gasteiger partial charge in [-0.05, 0) is 32.6 Å². The number of cyclic esters (lactones) is 1. The summed E-state index contributed by atoms with van der Waals surface area (Å²) in [6, 6.07) is 0. The van der Waals surface area contributed by atoms with Gasteiger partial charge in [0.2, 0.25) is 11.8 Å². The number of imide groups is 4. The molecule has 50 heavy (non-hydrogen) atoms. The molecule has 0 bridgehead atoms. The molecule has 6 atom stereocenters. The Bertz CT molecular complexity index is 1350. The van der Waals surface area contributed by atoms with Gasteiger partial charge in [0, 0.05) is 38.5 Å². The molecular formula is C35H48N2O13. The van der Waals surface area contributed by atoms with Gasteiger partial charge >= 0.3 is 18.0 Å². The number of aliphatic hydroxyl groups is 2. The molecule has 2 aliphatic heterocycles. The van der Waals surface area contributed by atoms with Gasteiger partial charge in [-0.1, -0.05) is 62.5 Å². The van der Waals surface area contributed by atoms with Crippen molar-refractivity contribution in [2.24, 2.45) is 0 Å². The van der Waals surface area contributed by atoms with Crippen LogP contribution in [-0.2, 0) is 47.7 Å². The highest BCUT2D eigenvalue weighted by Gasteiger charge is 2.53. The van der Waals surface area contributed by atoms with Crippen molar-refractivity contribution in [3.63, 3.8) is 0 Å². The van der Waals surface area contributed by atoms with Crippen LogP contribution in [0.1, 0.15) is 85.5 Å². The predicted octanol–water partition coefficient (Wildman–Crippen LogP) is 2.63. The van der Waals surface area contributed by atoms with Crippen LogP contribution in [0.4, 0.5) is 4.79 Å². The Morgan fingerprint density at radius 2 is 1.74 bits per heavy atom. The molecule has 0 aromatic rings. The largest absolute Gasteiger partial charge is 0.465 e. The molecule has 1 fully saturated rings. The molecule has 15 heteroatoms. The molecule has 1 saturated heterocycles. The van der Waals surface area contributed by atoms with Crippen LogP contribution in [0.2, 0.25) is 0 Å². The number of hydrogen-bond acceptors (Lipinski definition) is 13. The number of nitrogens with one attached hydrogen (secondary N) is 1. The van der Waals surface area contributed by atoms with E-state index in [0.717, 1.165) is 76.3 Å². The number of unbranched alkanes of at least 4 members (excludes halogenated alkanes) is 4. The first-order chi connectivity index (χ1) is 23.7. The van der Waals surface area contributed by atoms with Crippen LogP contribution in [-0.4, -0.2) is 100 Å². The maximum Gasteiger partial charge on any atom is 0.414 e. The fourth-order valence-corrected chi connectivity index (χ4v) is 5.01. The summed E-state index contributed by atoms with van der Waals surface area (Å²) in [5, 5.41) is 24.0. The molecule has 0 spiro atoms. The summed E-state index contributed by atoms with van der Waals surface area (Å²) in [5.74, 6) is -4.83. The van der Waals surface area contributed by atoms with Crippen LogP contribution in [0.3, 0.4) is 0 Å². The highest BCUT2D eigenvalue weighted by atomic mass is 16.7. The van der Waals surface area contributed by atoms with Gasteiger partial charge in [0.1, 0.15) is 18.3 Å². The minimum atomic E-state index is -1.89. The molecule has 3 N–H and O–H groups in total. The summed E-state index contributed by atoms with van der Waals surface area (Å²) in [6.07, 6.45) is 3.91. The standard InChI is InChI=1S/C35H48N2O13/c1-5-6-7-8-9-16-29(43)47-20-13-12-14-25(40)31(45)33-34(50-35(46)36-23(3)38)32-26(48-32)19-18-22(2)21-28(42)37(24(4)39)27(41)15-10-11-17-30(44)49-33/h10-12,14-15,17,21,25-26,31-34,40,45H,5-9,13,16,18-20H2,1-4H3,(H,36,38,46)/b14-12+,15-10+,17-11-,22-21-. The van der Waals surface area contributed by atoms with Gasteiger partial charge in [-0.25, -0.2) is 14.5 Å². The lowest BCUT2D eigenvalue weighted by molar-refractivity contribution is -0.166. The van der Waals surface area contributed by atoms with Crippen molar-refractivity contribution in [1.82, 2.24) is 10.2 Å². The summed E-state index contributed by atoms with van der Waals surface area (Å²) in [6.45, 7) is 5.86. The average molecular weight is 705 g/mol. The monoisotopic (exact) mass is 704 g/mol. The van der Waals surface area contributed by atoms with E-state index in [1.807, 2.05) is 5.32 Å². The second-order valence-corrected chi connectivity index (χ2v) is 12.0. The quantitative estimate of drug-likeness (QED) is 0.0629. The number of allylic oxidation sites excluding steroid dienone is 3. The zero-order valence-corrected chi connectivity index (χ0v) is 28.9. The highest BCUT2D eigenvalue weighted by Crippen LogP contribution is 2.35. The molecule has 2 aliphatic rings. The Labute approximate surface area is 291 Å². The molecule has 6 unspecified atom stereocenters. The normalized spacial score (nSPS) is 25.2. The number of rotatable bonds is 13. The maximum atomic E-state index is 12.9. The van der Waals surface area contributed by atoms with E-state index in [2.05, 4.69) is 6.92 Å². The number of alkyl carbamates (subject to hydrolysis) is 1. The van der Waals surface area contributed by atoms with Gasteiger partial charge in [-0.3, -0.25) is 29.3 Å². The minimum Gasteiger partial charge on any atom is -0.465 e. The third-order valence-corrected chi connectivity index (χ3v) is 7.63. The van der Waals surface area contributed by atoms with Gasteiger partial charge in [0.05, 0.1) is 12.7 Å². The first kappa shape index (κ1) is 41.7. The van der Waals surface area contributed by atoms with Gasteiger partial charge in [0.15, 0.2) is 12.2 Å². The molecule has 2 rings (SSSR count). The molecule has 276 valence electrons. The van der Waals surface area contributed by atoms with Crippen molar-refractivity contribution in [3.8, 4) is 0 Å². The lowest BCUT2D eigenvalue weighted by atomic mass is 9.97. The average Bonchev–Trinajstić information content (AvgIpc) is 3.81. The number of hydrogen-bond donors (Lipinski definition) is 3. The van der Waals surface area contributed by atoms with E-state index in [0.29, 0.717) is 16.9 Å². The summed E-state index contributed by atoms with van der Waals surface area (Å²) < 4.78 is 21.8. The van der Waals surface area contributed by atoms with E-state index >= 15 is 0 Å². The van der Waals surface area contributed by atoms with Crippen LogP contribution < -0.4 is 5.32 Å². The summed E-state index contributed by atoms with van der Waals surface area (Å²) in [5.41, 5.74) is 0.490. The Balaban J connectivity index is 2.27. The number of epoxide rings is 1. The summed E-state index contributed by atoms with van der Waals surface area (Å²) >= 11 is 0. The van der Waals surface area contributed by atoms with E-state index in [9.17, 15) is 43.8 Å². The zero-order chi connectivity index (χ0) is 37.2. The first-order valence-corrected chi connectivity index (χ1v) is 16.7. The SMILES string of the molecule is CCCCCCCC(=O)OCC/C=C/C(O)C(O)C1OC(=O)/C=C\C=C\C(=O)N(C(C)=O)C(=O)/C=C(/C)CCC2OC2C1OC(=O)NC(C)=O. The second kappa shape index (κ2) is 21.6. The number of carbonyl (C=O) groups is 7.